The Morgan fingerprint density at radius 1 is 1.07 bits per heavy atom. The quantitative estimate of drug-likeness (QED) is 0.423. The Balaban J connectivity index is 2.02. The van der Waals surface area contributed by atoms with E-state index < -0.39 is 27.9 Å². The molecule has 0 aromatic heterocycles. The molecule has 2 N–H and O–H groups in total. The Morgan fingerprint density at radius 3 is 2.30 bits per heavy atom. The number of ether oxygens (including phenoxy) is 1. The van der Waals surface area contributed by atoms with Crippen molar-refractivity contribution in [3.05, 3.63) is 77.7 Å². The zero-order valence-electron chi connectivity index (χ0n) is 14.3. The zero-order chi connectivity index (χ0) is 19.9. The summed E-state index contributed by atoms with van der Waals surface area (Å²) in [5.74, 6) is -1.59. The average Bonchev–Trinajstić information content (AvgIpc) is 2.64. The summed E-state index contributed by atoms with van der Waals surface area (Å²) in [7, 11) is -4.23. The van der Waals surface area contributed by atoms with Crippen LogP contribution in [0.4, 0.5) is 4.79 Å². The van der Waals surface area contributed by atoms with Crippen molar-refractivity contribution in [3.63, 3.8) is 0 Å². The third-order valence-electron chi connectivity index (χ3n) is 3.28. The van der Waals surface area contributed by atoms with Gasteiger partial charge in [0.2, 0.25) is 0 Å². The van der Waals surface area contributed by atoms with Crippen LogP contribution in [0.2, 0.25) is 0 Å². The van der Waals surface area contributed by atoms with Gasteiger partial charge in [0.15, 0.2) is 5.70 Å². The summed E-state index contributed by atoms with van der Waals surface area (Å²) in [5.41, 5.74) is 0.758. The Morgan fingerprint density at radius 2 is 1.70 bits per heavy atom. The molecule has 0 aliphatic rings. The van der Waals surface area contributed by atoms with Gasteiger partial charge in [-0.3, -0.25) is 5.32 Å². The predicted molar refractivity (Wildman–Crippen MR) is 94.9 cm³/mol. The van der Waals surface area contributed by atoms with Crippen LogP contribution in [0, 0.1) is 6.92 Å². The number of aliphatic carboxylic acids is 1. The van der Waals surface area contributed by atoms with Gasteiger partial charge in [0, 0.05) is 0 Å². The lowest BCUT2D eigenvalue weighted by Crippen LogP contribution is -2.28. The van der Waals surface area contributed by atoms with Gasteiger partial charge in [0.25, 0.3) is 0 Å². The first-order chi connectivity index (χ1) is 12.8. The molecule has 9 heteroatoms. The number of aryl methyl sites for hydroxylation is 1. The van der Waals surface area contributed by atoms with Gasteiger partial charge in [-0.25, -0.2) is 9.59 Å². The van der Waals surface area contributed by atoms with E-state index in [0.717, 1.165) is 5.56 Å². The van der Waals surface area contributed by atoms with Crippen LogP contribution in [0.15, 0.2) is 71.5 Å². The van der Waals surface area contributed by atoms with Gasteiger partial charge >= 0.3 is 22.2 Å². The van der Waals surface area contributed by atoms with Crippen molar-refractivity contribution >= 4 is 22.2 Å². The number of amides is 1. The van der Waals surface area contributed by atoms with Crippen LogP contribution in [-0.2, 0) is 30.4 Å². The lowest BCUT2D eigenvalue weighted by atomic mass is 10.2. The van der Waals surface area contributed by atoms with E-state index in [4.69, 9.17) is 9.84 Å². The summed E-state index contributed by atoms with van der Waals surface area (Å²) in [4.78, 5) is 22.8. The molecule has 2 rings (SSSR count). The number of carboxylic acid groups (broad SMARTS) is 1. The molecule has 0 saturated carbocycles. The number of carboxylic acids is 1. The summed E-state index contributed by atoms with van der Waals surface area (Å²) < 4.78 is 33.6. The highest BCUT2D eigenvalue weighted by Gasteiger charge is 2.18. The number of hydrogen-bond donors (Lipinski definition) is 2. The lowest BCUT2D eigenvalue weighted by molar-refractivity contribution is -0.133. The van der Waals surface area contributed by atoms with Crippen LogP contribution in [0.3, 0.4) is 0 Å². The summed E-state index contributed by atoms with van der Waals surface area (Å²) in [5, 5.41) is 11.0. The van der Waals surface area contributed by atoms with Crippen molar-refractivity contribution in [1.82, 2.24) is 5.32 Å². The van der Waals surface area contributed by atoms with E-state index in [1.165, 1.54) is 12.1 Å². The predicted octanol–water partition coefficient (Wildman–Crippen LogP) is 2.55. The fourth-order valence-electron chi connectivity index (χ4n) is 1.87. The minimum atomic E-state index is -4.23. The molecule has 142 valence electrons. The number of benzene rings is 2. The smallest absolute Gasteiger partial charge is 0.412 e. The highest BCUT2D eigenvalue weighted by Crippen LogP contribution is 2.14. The fourth-order valence-corrected chi connectivity index (χ4v) is 2.68. The van der Waals surface area contributed by atoms with Crippen molar-refractivity contribution in [2.45, 2.75) is 18.4 Å². The third kappa shape index (κ3) is 6.15. The second kappa shape index (κ2) is 8.86. The molecule has 0 saturated heterocycles. The van der Waals surface area contributed by atoms with Gasteiger partial charge in [0.1, 0.15) is 17.8 Å². The standard InChI is InChI=1S/C18H17NO7S/c1-13-7-9-15(10-8-13)27(23,24)26-12-16(17(20)21)19-18(22)25-11-14-5-3-2-4-6-14/h2-10,12H,11H2,1H3,(H,19,22)(H,20,21)/b16-12+. The van der Waals surface area contributed by atoms with Gasteiger partial charge in [-0.2, -0.15) is 8.42 Å². The minimum Gasteiger partial charge on any atom is -0.476 e. The number of alkyl carbamates (subject to hydrolysis) is 1. The van der Waals surface area contributed by atoms with Gasteiger partial charge in [-0.05, 0) is 24.6 Å². The summed E-state index contributed by atoms with van der Waals surface area (Å²) in [6.07, 6.45) is -0.634. The first-order valence-corrected chi connectivity index (χ1v) is 9.10. The molecule has 8 nitrogen and oxygen atoms in total. The zero-order valence-corrected chi connectivity index (χ0v) is 15.1. The van der Waals surface area contributed by atoms with E-state index in [1.54, 1.807) is 49.4 Å². The number of carbonyl (C=O) groups is 2. The Labute approximate surface area is 156 Å². The first-order valence-electron chi connectivity index (χ1n) is 7.69. The molecule has 0 spiro atoms. The largest absolute Gasteiger partial charge is 0.476 e. The number of carbonyl (C=O) groups excluding carboxylic acids is 1. The Bertz CT molecular complexity index is 935. The Hall–Kier alpha value is -3.33. The fraction of sp³-hybridized carbons (Fsp3) is 0.111. The molecule has 2 aromatic carbocycles. The maximum absolute atomic E-state index is 12.1. The highest BCUT2D eigenvalue weighted by molar-refractivity contribution is 7.86. The number of hydrogen-bond acceptors (Lipinski definition) is 6. The molecule has 0 heterocycles. The molecular formula is C18H17NO7S. The van der Waals surface area contributed by atoms with Gasteiger partial charge in [0.05, 0.1) is 0 Å². The molecule has 0 unspecified atom stereocenters. The molecule has 0 aliphatic heterocycles. The molecule has 0 bridgehead atoms. The first kappa shape index (κ1) is 20.0. The summed E-state index contributed by atoms with van der Waals surface area (Å²) in [6.45, 7) is 1.70. The van der Waals surface area contributed by atoms with Crippen molar-refractivity contribution in [1.29, 1.82) is 0 Å². The van der Waals surface area contributed by atoms with E-state index in [1.807, 2.05) is 5.32 Å². The van der Waals surface area contributed by atoms with Crippen LogP contribution < -0.4 is 5.32 Å². The second-order valence-electron chi connectivity index (χ2n) is 5.39. The topological polar surface area (TPSA) is 119 Å². The maximum atomic E-state index is 12.1. The van der Waals surface area contributed by atoms with E-state index in [0.29, 0.717) is 11.8 Å². The molecule has 0 radical (unpaired) electrons. The highest BCUT2D eigenvalue weighted by atomic mass is 32.2. The van der Waals surface area contributed by atoms with Crippen molar-refractivity contribution in [2.75, 3.05) is 0 Å². The second-order valence-corrected chi connectivity index (χ2v) is 6.96. The molecule has 0 atom stereocenters. The molecule has 1 amide bonds. The van der Waals surface area contributed by atoms with Gasteiger partial charge in [-0.1, -0.05) is 48.0 Å². The van der Waals surface area contributed by atoms with Crippen molar-refractivity contribution in [2.24, 2.45) is 0 Å². The summed E-state index contributed by atoms with van der Waals surface area (Å²) in [6, 6.07) is 14.5. The third-order valence-corrected chi connectivity index (χ3v) is 4.48. The SMILES string of the molecule is Cc1ccc(S(=O)(=O)O/C=C(/NC(=O)OCc2ccccc2)C(=O)O)cc1. The van der Waals surface area contributed by atoms with E-state index in [-0.39, 0.29) is 11.5 Å². The van der Waals surface area contributed by atoms with E-state index in [9.17, 15) is 18.0 Å². The Kier molecular flexibility index (Phi) is 6.56. The maximum Gasteiger partial charge on any atom is 0.412 e. The number of nitrogens with one attached hydrogen (secondary N) is 1. The van der Waals surface area contributed by atoms with Crippen LogP contribution in [0.1, 0.15) is 11.1 Å². The molecule has 0 aliphatic carbocycles. The molecule has 0 fully saturated rings. The number of rotatable bonds is 7. The normalized spacial score (nSPS) is 11.5. The monoisotopic (exact) mass is 391 g/mol. The van der Waals surface area contributed by atoms with Crippen molar-refractivity contribution < 1.29 is 32.0 Å². The molecule has 2 aromatic rings. The lowest BCUT2D eigenvalue weighted by Gasteiger charge is -2.08. The van der Waals surface area contributed by atoms with Gasteiger partial charge in [-0.15, -0.1) is 0 Å². The van der Waals surface area contributed by atoms with Crippen LogP contribution in [-0.4, -0.2) is 25.6 Å². The van der Waals surface area contributed by atoms with E-state index >= 15 is 0 Å². The van der Waals surface area contributed by atoms with Crippen LogP contribution in [0.5, 0.6) is 0 Å². The summed E-state index contributed by atoms with van der Waals surface area (Å²) >= 11 is 0. The van der Waals surface area contributed by atoms with Crippen molar-refractivity contribution in [3.8, 4) is 0 Å². The minimum absolute atomic E-state index is 0.0813. The van der Waals surface area contributed by atoms with Gasteiger partial charge < -0.3 is 14.0 Å². The van der Waals surface area contributed by atoms with E-state index in [2.05, 4.69) is 4.18 Å². The average molecular weight is 391 g/mol. The molecule has 27 heavy (non-hydrogen) atoms. The molecular weight excluding hydrogens is 374 g/mol. The van der Waals surface area contributed by atoms with Crippen LogP contribution in [0.25, 0.3) is 0 Å². The van der Waals surface area contributed by atoms with Crippen LogP contribution >= 0.6 is 0 Å².